The van der Waals surface area contributed by atoms with E-state index in [0.717, 1.165) is 11.3 Å². The van der Waals surface area contributed by atoms with E-state index in [0.29, 0.717) is 11.1 Å². The van der Waals surface area contributed by atoms with Crippen LogP contribution in [-0.4, -0.2) is 25.5 Å². The maximum atomic E-state index is 12.0. The number of ether oxygens (including phenoxy) is 2. The Bertz CT molecular complexity index is 489. The first-order chi connectivity index (χ1) is 8.92. The first-order valence-corrected chi connectivity index (χ1v) is 6.32. The summed E-state index contributed by atoms with van der Waals surface area (Å²) in [6.45, 7) is 7.65. The highest BCUT2D eigenvalue weighted by Gasteiger charge is 2.22. The lowest BCUT2D eigenvalue weighted by Crippen LogP contribution is -2.19. The maximum absolute atomic E-state index is 12.0. The fourth-order valence-corrected chi connectivity index (χ4v) is 1.88. The van der Waals surface area contributed by atoms with Gasteiger partial charge < -0.3 is 9.47 Å². The molecular formula is C15H20O4. The van der Waals surface area contributed by atoms with Gasteiger partial charge in [-0.3, -0.25) is 4.79 Å². The summed E-state index contributed by atoms with van der Waals surface area (Å²) >= 11 is 0. The molecular weight excluding hydrogens is 244 g/mol. The quantitative estimate of drug-likeness (QED) is 0.466. The number of aryl methyl sites for hydroxylation is 1. The highest BCUT2D eigenvalue weighted by Crippen LogP contribution is 2.29. The zero-order valence-electron chi connectivity index (χ0n) is 12.1. The number of carbonyl (C=O) groups excluding carboxylic acids is 2. The summed E-state index contributed by atoms with van der Waals surface area (Å²) in [5.41, 5.74) is 1.99. The minimum absolute atomic E-state index is 0.191. The molecule has 0 aromatic heterocycles. The van der Waals surface area contributed by atoms with Gasteiger partial charge in [-0.1, -0.05) is 13.8 Å². The van der Waals surface area contributed by atoms with Crippen LogP contribution < -0.4 is 4.74 Å². The Morgan fingerprint density at radius 1 is 1.26 bits per heavy atom. The van der Waals surface area contributed by atoms with Gasteiger partial charge in [0.1, 0.15) is 5.75 Å². The molecule has 0 heterocycles. The van der Waals surface area contributed by atoms with E-state index in [1.54, 1.807) is 33.1 Å². The molecule has 0 bridgehead atoms. The van der Waals surface area contributed by atoms with Crippen LogP contribution in [0.5, 0.6) is 5.75 Å². The number of esters is 1. The molecule has 1 aromatic rings. The van der Waals surface area contributed by atoms with Crippen LogP contribution in [0.1, 0.15) is 48.2 Å². The van der Waals surface area contributed by atoms with E-state index in [4.69, 9.17) is 9.47 Å². The first-order valence-electron chi connectivity index (χ1n) is 6.32. The second-order valence-corrected chi connectivity index (χ2v) is 4.61. The van der Waals surface area contributed by atoms with Crippen molar-refractivity contribution in [3.63, 3.8) is 0 Å². The molecule has 0 amide bonds. The molecule has 0 spiro atoms. The van der Waals surface area contributed by atoms with Gasteiger partial charge in [-0.15, -0.1) is 0 Å². The monoisotopic (exact) mass is 264 g/mol. The molecule has 0 atom stereocenters. The molecule has 104 valence electrons. The first kappa shape index (κ1) is 15.2. The Balaban J connectivity index is 3.25. The van der Waals surface area contributed by atoms with Crippen LogP contribution in [0.4, 0.5) is 0 Å². The van der Waals surface area contributed by atoms with Gasteiger partial charge in [-0.25, -0.2) is 4.79 Å². The summed E-state index contributed by atoms with van der Waals surface area (Å²) in [6.07, 6.45) is 0. The number of methoxy groups -OCH3 is 1. The fraction of sp³-hybridized carbons (Fsp3) is 0.467. The Labute approximate surface area is 113 Å². The minimum atomic E-state index is -0.814. The van der Waals surface area contributed by atoms with Crippen molar-refractivity contribution in [3.05, 3.63) is 28.8 Å². The summed E-state index contributed by atoms with van der Waals surface area (Å²) in [6, 6.07) is 3.50. The second-order valence-electron chi connectivity index (χ2n) is 4.61. The summed E-state index contributed by atoms with van der Waals surface area (Å²) in [4.78, 5) is 23.5. The Hall–Kier alpha value is -1.84. The lowest BCUT2D eigenvalue weighted by atomic mass is 9.94. The molecule has 4 nitrogen and oxygen atoms in total. The van der Waals surface area contributed by atoms with Crippen molar-refractivity contribution in [1.29, 1.82) is 0 Å². The van der Waals surface area contributed by atoms with E-state index in [2.05, 4.69) is 0 Å². The molecule has 1 aromatic carbocycles. The minimum Gasteiger partial charge on any atom is -0.496 e. The number of Topliss-reactive ketones (excluding diaryl/α,β-unsaturated/α-hetero) is 1. The normalized spacial score (nSPS) is 10.4. The smallest absolute Gasteiger partial charge is 0.379 e. The molecule has 19 heavy (non-hydrogen) atoms. The van der Waals surface area contributed by atoms with Crippen molar-refractivity contribution in [1.82, 2.24) is 0 Å². The van der Waals surface area contributed by atoms with Crippen LogP contribution in [0.2, 0.25) is 0 Å². The number of hydrogen-bond donors (Lipinski definition) is 0. The highest BCUT2D eigenvalue weighted by atomic mass is 16.5. The molecule has 0 aliphatic rings. The largest absolute Gasteiger partial charge is 0.496 e. The van der Waals surface area contributed by atoms with Crippen LogP contribution in [0.15, 0.2) is 12.1 Å². The van der Waals surface area contributed by atoms with Gasteiger partial charge in [-0.05, 0) is 43.0 Å². The molecule has 0 saturated carbocycles. The lowest BCUT2D eigenvalue weighted by Gasteiger charge is -2.15. The third kappa shape index (κ3) is 3.34. The standard InChI is InChI=1S/C15H20O4/c1-6-19-15(17)14(16)12-8-11(9(2)3)13(18-5)7-10(12)4/h7-9H,6H2,1-5H3. The van der Waals surface area contributed by atoms with Crippen molar-refractivity contribution in [3.8, 4) is 5.75 Å². The van der Waals surface area contributed by atoms with E-state index in [1.165, 1.54) is 0 Å². The Kier molecular flexibility index (Phi) is 5.10. The molecule has 0 N–H and O–H groups in total. The molecule has 1 rings (SSSR count). The van der Waals surface area contributed by atoms with Crippen LogP contribution in [-0.2, 0) is 9.53 Å². The number of carbonyl (C=O) groups is 2. The molecule has 0 saturated heterocycles. The number of hydrogen-bond acceptors (Lipinski definition) is 4. The molecule has 0 unspecified atom stereocenters. The van der Waals surface area contributed by atoms with Crippen molar-refractivity contribution >= 4 is 11.8 Å². The highest BCUT2D eigenvalue weighted by molar-refractivity contribution is 6.41. The predicted molar refractivity (Wildman–Crippen MR) is 72.8 cm³/mol. The predicted octanol–water partition coefficient (Wildman–Crippen LogP) is 2.87. The SMILES string of the molecule is CCOC(=O)C(=O)c1cc(C(C)C)c(OC)cc1C. The third-order valence-electron chi connectivity index (χ3n) is 2.90. The van der Waals surface area contributed by atoms with Crippen LogP contribution in [0, 0.1) is 6.92 Å². The maximum Gasteiger partial charge on any atom is 0.379 e. The molecule has 0 aliphatic carbocycles. The van der Waals surface area contributed by atoms with E-state index in [9.17, 15) is 9.59 Å². The van der Waals surface area contributed by atoms with Gasteiger partial charge in [0.05, 0.1) is 13.7 Å². The van der Waals surface area contributed by atoms with Gasteiger partial charge in [0.2, 0.25) is 0 Å². The molecule has 4 heteroatoms. The molecule has 0 aliphatic heterocycles. The van der Waals surface area contributed by atoms with Gasteiger partial charge in [-0.2, -0.15) is 0 Å². The van der Waals surface area contributed by atoms with Crippen molar-refractivity contribution in [2.45, 2.75) is 33.6 Å². The second kappa shape index (κ2) is 6.36. The topological polar surface area (TPSA) is 52.6 Å². The van der Waals surface area contributed by atoms with Gasteiger partial charge >= 0.3 is 5.97 Å². The Morgan fingerprint density at radius 2 is 1.89 bits per heavy atom. The lowest BCUT2D eigenvalue weighted by molar-refractivity contribution is -0.137. The summed E-state index contributed by atoms with van der Waals surface area (Å²) in [5, 5.41) is 0. The summed E-state index contributed by atoms with van der Waals surface area (Å²) in [5.74, 6) is -0.494. The van der Waals surface area contributed by atoms with E-state index < -0.39 is 11.8 Å². The summed E-state index contributed by atoms with van der Waals surface area (Å²) in [7, 11) is 1.59. The van der Waals surface area contributed by atoms with Crippen LogP contribution in [0.25, 0.3) is 0 Å². The number of benzene rings is 1. The number of rotatable bonds is 5. The van der Waals surface area contributed by atoms with Crippen LogP contribution in [0.3, 0.4) is 0 Å². The van der Waals surface area contributed by atoms with Crippen molar-refractivity contribution in [2.24, 2.45) is 0 Å². The van der Waals surface area contributed by atoms with E-state index in [1.807, 2.05) is 13.8 Å². The van der Waals surface area contributed by atoms with Crippen molar-refractivity contribution in [2.75, 3.05) is 13.7 Å². The van der Waals surface area contributed by atoms with Gasteiger partial charge in [0, 0.05) is 5.56 Å². The van der Waals surface area contributed by atoms with Gasteiger partial charge in [0.25, 0.3) is 5.78 Å². The summed E-state index contributed by atoms with van der Waals surface area (Å²) < 4.78 is 10.1. The van der Waals surface area contributed by atoms with E-state index >= 15 is 0 Å². The Morgan fingerprint density at radius 3 is 2.37 bits per heavy atom. The van der Waals surface area contributed by atoms with Crippen molar-refractivity contribution < 1.29 is 19.1 Å². The van der Waals surface area contributed by atoms with Gasteiger partial charge in [0.15, 0.2) is 0 Å². The third-order valence-corrected chi connectivity index (χ3v) is 2.90. The average Bonchev–Trinajstić information content (AvgIpc) is 2.37. The van der Waals surface area contributed by atoms with Crippen LogP contribution >= 0.6 is 0 Å². The number of ketones is 1. The fourth-order valence-electron chi connectivity index (χ4n) is 1.88. The zero-order valence-corrected chi connectivity index (χ0v) is 12.1. The average molecular weight is 264 g/mol. The zero-order chi connectivity index (χ0) is 14.6. The molecule has 0 radical (unpaired) electrons. The molecule has 0 fully saturated rings. The van der Waals surface area contributed by atoms with E-state index in [-0.39, 0.29) is 12.5 Å².